The molecular weight excluding hydrogens is 523 g/mol. The van der Waals surface area contributed by atoms with Crippen LogP contribution in [0.15, 0.2) is 58.4 Å². The number of nitrogens with zero attached hydrogens (tertiary/aromatic N) is 1. The summed E-state index contributed by atoms with van der Waals surface area (Å²) in [5.41, 5.74) is 3.52. The van der Waals surface area contributed by atoms with Crippen molar-refractivity contribution in [3.05, 3.63) is 65.2 Å². The molecular formula is C23H33IN4O2S. The highest BCUT2D eigenvalue weighted by molar-refractivity contribution is 14.0. The SMILES string of the molecule is CCNC(=NCc1ccc(S(=O)(=O)NC2CC2)cc1)NCC(C)c1cccc(C)c1.I. The van der Waals surface area contributed by atoms with Gasteiger partial charge in [0.1, 0.15) is 0 Å². The summed E-state index contributed by atoms with van der Waals surface area (Å²) in [7, 11) is -3.41. The standard InChI is InChI=1S/C23H32N4O2S.HI/c1-4-24-23(25-15-18(3)20-7-5-6-17(2)14-20)26-16-19-8-12-22(13-9-19)30(28,29)27-21-10-11-21;/h5-9,12-14,18,21,27H,4,10-11,15-16H2,1-3H3,(H2,24,25,26);1H. The summed E-state index contributed by atoms with van der Waals surface area (Å²) in [6, 6.07) is 15.6. The van der Waals surface area contributed by atoms with Gasteiger partial charge in [-0.25, -0.2) is 18.1 Å². The summed E-state index contributed by atoms with van der Waals surface area (Å²) in [6.07, 6.45) is 1.85. The van der Waals surface area contributed by atoms with Crippen molar-refractivity contribution < 1.29 is 8.42 Å². The van der Waals surface area contributed by atoms with Crippen LogP contribution in [0.2, 0.25) is 0 Å². The summed E-state index contributed by atoms with van der Waals surface area (Å²) >= 11 is 0. The Balaban J connectivity index is 0.00000341. The van der Waals surface area contributed by atoms with Gasteiger partial charge in [0.25, 0.3) is 0 Å². The van der Waals surface area contributed by atoms with Gasteiger partial charge >= 0.3 is 0 Å². The molecule has 1 unspecified atom stereocenters. The fourth-order valence-electron chi connectivity index (χ4n) is 3.12. The molecule has 1 atom stereocenters. The van der Waals surface area contributed by atoms with Crippen LogP contribution in [0.4, 0.5) is 0 Å². The molecule has 1 aliphatic carbocycles. The molecule has 170 valence electrons. The van der Waals surface area contributed by atoms with Crippen LogP contribution >= 0.6 is 24.0 Å². The average Bonchev–Trinajstić information content (AvgIpc) is 3.53. The number of benzene rings is 2. The Labute approximate surface area is 203 Å². The molecule has 8 heteroatoms. The first-order valence-electron chi connectivity index (χ1n) is 10.6. The lowest BCUT2D eigenvalue weighted by atomic mass is 9.99. The van der Waals surface area contributed by atoms with E-state index in [0.29, 0.717) is 17.4 Å². The zero-order chi connectivity index (χ0) is 21.6. The van der Waals surface area contributed by atoms with Crippen molar-refractivity contribution in [1.82, 2.24) is 15.4 Å². The van der Waals surface area contributed by atoms with Gasteiger partial charge in [0.05, 0.1) is 11.4 Å². The fraction of sp³-hybridized carbons (Fsp3) is 0.435. The zero-order valence-corrected chi connectivity index (χ0v) is 21.5. The van der Waals surface area contributed by atoms with E-state index in [1.54, 1.807) is 12.1 Å². The van der Waals surface area contributed by atoms with Crippen LogP contribution in [-0.2, 0) is 16.6 Å². The largest absolute Gasteiger partial charge is 0.357 e. The van der Waals surface area contributed by atoms with Crippen molar-refractivity contribution >= 4 is 40.0 Å². The highest BCUT2D eigenvalue weighted by Gasteiger charge is 2.27. The molecule has 0 saturated heterocycles. The summed E-state index contributed by atoms with van der Waals surface area (Å²) in [5, 5.41) is 6.67. The molecule has 0 bridgehead atoms. The van der Waals surface area contributed by atoms with Gasteiger partial charge in [-0.3, -0.25) is 0 Å². The van der Waals surface area contributed by atoms with E-state index >= 15 is 0 Å². The van der Waals surface area contributed by atoms with E-state index in [1.165, 1.54) is 11.1 Å². The van der Waals surface area contributed by atoms with E-state index in [1.807, 2.05) is 19.1 Å². The van der Waals surface area contributed by atoms with E-state index in [4.69, 9.17) is 0 Å². The van der Waals surface area contributed by atoms with E-state index < -0.39 is 10.0 Å². The first-order valence-corrected chi connectivity index (χ1v) is 12.1. The maximum absolute atomic E-state index is 12.3. The van der Waals surface area contributed by atoms with Crippen LogP contribution < -0.4 is 15.4 Å². The number of aliphatic imine (C=N–C) groups is 1. The molecule has 3 rings (SSSR count). The highest BCUT2D eigenvalue weighted by atomic mass is 127. The Kier molecular flexibility index (Phi) is 9.77. The minimum Gasteiger partial charge on any atom is -0.357 e. The van der Waals surface area contributed by atoms with Crippen molar-refractivity contribution in [3.63, 3.8) is 0 Å². The lowest BCUT2D eigenvalue weighted by molar-refractivity contribution is 0.581. The minimum absolute atomic E-state index is 0. The van der Waals surface area contributed by atoms with Crippen molar-refractivity contribution in [3.8, 4) is 0 Å². The minimum atomic E-state index is -3.41. The number of hydrogen-bond acceptors (Lipinski definition) is 3. The Hall–Kier alpha value is -1.65. The van der Waals surface area contributed by atoms with E-state index in [2.05, 4.69) is 58.5 Å². The third-order valence-corrected chi connectivity index (χ3v) is 6.62. The average molecular weight is 557 g/mol. The second kappa shape index (κ2) is 11.8. The van der Waals surface area contributed by atoms with E-state index in [-0.39, 0.29) is 30.0 Å². The van der Waals surface area contributed by atoms with Gasteiger partial charge in [-0.15, -0.1) is 24.0 Å². The monoisotopic (exact) mass is 556 g/mol. The highest BCUT2D eigenvalue weighted by Crippen LogP contribution is 2.22. The lowest BCUT2D eigenvalue weighted by Crippen LogP contribution is -2.39. The quantitative estimate of drug-likeness (QED) is 0.249. The van der Waals surface area contributed by atoms with Crippen molar-refractivity contribution in [2.45, 2.75) is 57.0 Å². The second-order valence-electron chi connectivity index (χ2n) is 7.93. The van der Waals surface area contributed by atoms with Crippen molar-refractivity contribution in [2.75, 3.05) is 13.1 Å². The number of nitrogens with one attached hydrogen (secondary N) is 3. The Morgan fingerprint density at radius 3 is 2.45 bits per heavy atom. The number of hydrogen-bond donors (Lipinski definition) is 3. The summed E-state index contributed by atoms with van der Waals surface area (Å²) in [4.78, 5) is 4.95. The predicted octanol–water partition coefficient (Wildman–Crippen LogP) is 3.91. The molecule has 1 saturated carbocycles. The van der Waals surface area contributed by atoms with Crippen LogP contribution in [0.1, 0.15) is 49.3 Å². The molecule has 1 fully saturated rings. The number of guanidine groups is 1. The molecule has 2 aromatic carbocycles. The van der Waals surface area contributed by atoms with Gasteiger partial charge < -0.3 is 10.6 Å². The Morgan fingerprint density at radius 1 is 1.13 bits per heavy atom. The predicted molar refractivity (Wildman–Crippen MR) is 138 cm³/mol. The van der Waals surface area contributed by atoms with E-state index in [9.17, 15) is 8.42 Å². The normalized spacial score (nSPS) is 15.1. The van der Waals surface area contributed by atoms with Crippen molar-refractivity contribution in [1.29, 1.82) is 0 Å². The molecule has 0 spiro atoms. The van der Waals surface area contributed by atoms with Crippen LogP contribution in [0.3, 0.4) is 0 Å². The Bertz CT molecular complexity index is 973. The molecule has 6 nitrogen and oxygen atoms in total. The van der Waals surface area contributed by atoms with Crippen LogP contribution in [0, 0.1) is 6.92 Å². The molecule has 3 N–H and O–H groups in total. The molecule has 0 heterocycles. The maximum atomic E-state index is 12.3. The molecule has 2 aromatic rings. The first kappa shape index (κ1) is 25.6. The number of aryl methyl sites for hydroxylation is 1. The molecule has 31 heavy (non-hydrogen) atoms. The molecule has 0 amide bonds. The fourth-order valence-corrected chi connectivity index (χ4v) is 4.42. The van der Waals surface area contributed by atoms with Crippen LogP contribution in [0.5, 0.6) is 0 Å². The number of sulfonamides is 1. The van der Waals surface area contributed by atoms with Crippen LogP contribution in [-0.4, -0.2) is 33.5 Å². The lowest BCUT2D eigenvalue weighted by Gasteiger charge is -2.16. The van der Waals surface area contributed by atoms with Gasteiger partial charge in [0.15, 0.2) is 5.96 Å². The smallest absolute Gasteiger partial charge is 0.240 e. The van der Waals surface area contributed by atoms with Gasteiger partial charge in [0, 0.05) is 19.1 Å². The van der Waals surface area contributed by atoms with Crippen LogP contribution in [0.25, 0.3) is 0 Å². The molecule has 1 aliphatic rings. The van der Waals surface area contributed by atoms with Gasteiger partial charge in [-0.1, -0.05) is 48.9 Å². The summed E-state index contributed by atoms with van der Waals surface area (Å²) < 4.78 is 27.2. The third kappa shape index (κ3) is 8.08. The Morgan fingerprint density at radius 2 is 1.84 bits per heavy atom. The summed E-state index contributed by atoms with van der Waals surface area (Å²) in [6.45, 7) is 8.36. The maximum Gasteiger partial charge on any atom is 0.240 e. The number of rotatable bonds is 9. The molecule has 0 aliphatic heterocycles. The zero-order valence-electron chi connectivity index (χ0n) is 18.4. The molecule has 0 radical (unpaired) electrons. The van der Waals surface area contributed by atoms with E-state index in [0.717, 1.165) is 37.5 Å². The number of halogens is 1. The summed E-state index contributed by atoms with van der Waals surface area (Å²) in [5.74, 6) is 1.11. The second-order valence-corrected chi connectivity index (χ2v) is 9.64. The first-order chi connectivity index (χ1) is 14.4. The molecule has 0 aromatic heterocycles. The van der Waals surface area contributed by atoms with Crippen molar-refractivity contribution in [2.24, 2.45) is 4.99 Å². The topological polar surface area (TPSA) is 82.6 Å². The van der Waals surface area contributed by atoms with Gasteiger partial charge in [-0.05, 0) is 55.9 Å². The van der Waals surface area contributed by atoms with Gasteiger partial charge in [0.2, 0.25) is 10.0 Å². The third-order valence-electron chi connectivity index (χ3n) is 5.08. The van der Waals surface area contributed by atoms with Gasteiger partial charge in [-0.2, -0.15) is 0 Å².